The lowest BCUT2D eigenvalue weighted by Crippen LogP contribution is -2.08. The quantitative estimate of drug-likeness (QED) is 0.739. The topological polar surface area (TPSA) is 49.3 Å². The van der Waals surface area contributed by atoms with Crippen molar-refractivity contribution in [1.29, 1.82) is 0 Å². The third-order valence-corrected chi connectivity index (χ3v) is 2.84. The summed E-state index contributed by atoms with van der Waals surface area (Å²) in [5.41, 5.74) is -0.644. The molecule has 5 heteroatoms. The molecule has 0 saturated carbocycles. The molecule has 1 aromatic rings. The lowest BCUT2D eigenvalue weighted by Gasteiger charge is -2.09. The second-order valence-electron chi connectivity index (χ2n) is 4.91. The van der Waals surface area contributed by atoms with Crippen molar-refractivity contribution in [2.75, 3.05) is 11.9 Å². The van der Waals surface area contributed by atoms with Gasteiger partial charge in [-0.1, -0.05) is 26.7 Å². The molecule has 0 aromatic heterocycles. The zero-order valence-corrected chi connectivity index (χ0v) is 11.2. The smallest absolute Gasteiger partial charge is 0.338 e. The van der Waals surface area contributed by atoms with Gasteiger partial charge in [-0.3, -0.25) is 0 Å². The number of nitrogens with one attached hydrogen (secondary N) is 1. The Balaban J connectivity index is 2.56. The van der Waals surface area contributed by atoms with Gasteiger partial charge in [0.05, 0.1) is 11.3 Å². The van der Waals surface area contributed by atoms with Gasteiger partial charge in [0.15, 0.2) is 11.6 Å². The number of carboxylic acids is 1. The number of halogens is 2. The van der Waals surface area contributed by atoms with Crippen molar-refractivity contribution in [3.8, 4) is 0 Å². The lowest BCUT2D eigenvalue weighted by molar-refractivity contribution is 0.0690. The average molecular weight is 271 g/mol. The third-order valence-electron chi connectivity index (χ3n) is 2.84. The molecule has 0 aliphatic heterocycles. The summed E-state index contributed by atoms with van der Waals surface area (Å²) in [5, 5.41) is 11.4. The third kappa shape index (κ3) is 4.50. The molecular formula is C14H19F2NO2. The molecule has 1 rings (SSSR count). The predicted octanol–water partition coefficient (Wildman–Crippen LogP) is 3.90. The number of aromatic carboxylic acids is 1. The number of carboxylic acid groups (broad SMARTS) is 1. The molecule has 19 heavy (non-hydrogen) atoms. The van der Waals surface area contributed by atoms with Crippen molar-refractivity contribution in [2.24, 2.45) is 5.92 Å². The fourth-order valence-electron chi connectivity index (χ4n) is 1.75. The summed E-state index contributed by atoms with van der Waals surface area (Å²) in [6, 6.07) is 2.32. The van der Waals surface area contributed by atoms with Crippen LogP contribution in [0.3, 0.4) is 0 Å². The van der Waals surface area contributed by atoms with E-state index in [0.29, 0.717) is 12.5 Å². The number of hydrogen-bond donors (Lipinski definition) is 2. The van der Waals surface area contributed by atoms with Gasteiger partial charge in [0, 0.05) is 6.54 Å². The van der Waals surface area contributed by atoms with E-state index in [1.807, 2.05) is 0 Å². The van der Waals surface area contributed by atoms with E-state index in [9.17, 15) is 13.6 Å². The molecule has 106 valence electrons. The van der Waals surface area contributed by atoms with Crippen molar-refractivity contribution in [1.82, 2.24) is 0 Å². The number of rotatable bonds is 7. The average Bonchev–Trinajstić information content (AvgIpc) is 2.33. The monoisotopic (exact) mass is 271 g/mol. The molecule has 0 aliphatic rings. The fourth-order valence-corrected chi connectivity index (χ4v) is 1.75. The Morgan fingerprint density at radius 1 is 1.26 bits per heavy atom. The summed E-state index contributed by atoms with van der Waals surface area (Å²) in [4.78, 5) is 10.6. The molecule has 2 N–H and O–H groups in total. The molecule has 0 atom stereocenters. The maximum atomic E-state index is 13.6. The summed E-state index contributed by atoms with van der Waals surface area (Å²) in [6.07, 6.45) is 2.97. The minimum Gasteiger partial charge on any atom is -0.478 e. The summed E-state index contributed by atoms with van der Waals surface area (Å²) >= 11 is 0. The van der Waals surface area contributed by atoms with Crippen LogP contribution in [0.25, 0.3) is 0 Å². The first kappa shape index (κ1) is 15.4. The van der Waals surface area contributed by atoms with E-state index in [1.165, 1.54) is 6.07 Å². The Morgan fingerprint density at radius 2 is 1.95 bits per heavy atom. The summed E-state index contributed by atoms with van der Waals surface area (Å²) in [5.74, 6) is -3.30. The number of carbonyl (C=O) groups is 1. The van der Waals surface area contributed by atoms with E-state index >= 15 is 0 Å². The standard InChI is InChI=1S/C14H19F2NO2/c1-9(2)5-3-4-8-17-11-7-6-10(14(18)19)12(15)13(11)16/h6-7,9,17H,3-5,8H2,1-2H3,(H,18,19). The SMILES string of the molecule is CC(C)CCCCNc1ccc(C(=O)O)c(F)c1F. The highest BCUT2D eigenvalue weighted by Crippen LogP contribution is 2.20. The molecule has 0 unspecified atom stereocenters. The molecule has 0 aliphatic carbocycles. The molecule has 0 fully saturated rings. The van der Waals surface area contributed by atoms with E-state index in [4.69, 9.17) is 5.11 Å². The minimum absolute atomic E-state index is 0.00652. The van der Waals surface area contributed by atoms with Gasteiger partial charge in [0.25, 0.3) is 0 Å². The normalized spacial score (nSPS) is 10.8. The Hall–Kier alpha value is -1.65. The first-order chi connectivity index (χ1) is 8.93. The molecule has 0 saturated heterocycles. The van der Waals surface area contributed by atoms with Crippen LogP contribution in [-0.4, -0.2) is 17.6 Å². The van der Waals surface area contributed by atoms with Crippen LogP contribution >= 0.6 is 0 Å². The largest absolute Gasteiger partial charge is 0.478 e. The van der Waals surface area contributed by atoms with E-state index in [1.54, 1.807) is 0 Å². The predicted molar refractivity (Wildman–Crippen MR) is 70.5 cm³/mol. The van der Waals surface area contributed by atoms with Gasteiger partial charge in [-0.05, 0) is 24.5 Å². The zero-order chi connectivity index (χ0) is 14.4. The van der Waals surface area contributed by atoms with E-state index in [2.05, 4.69) is 19.2 Å². The van der Waals surface area contributed by atoms with Crippen molar-refractivity contribution < 1.29 is 18.7 Å². The number of unbranched alkanes of at least 4 members (excludes halogenated alkanes) is 1. The number of benzene rings is 1. The molecule has 1 aromatic carbocycles. The van der Waals surface area contributed by atoms with Crippen LogP contribution in [0.15, 0.2) is 12.1 Å². The Morgan fingerprint density at radius 3 is 2.53 bits per heavy atom. The van der Waals surface area contributed by atoms with Crippen LogP contribution in [0, 0.1) is 17.6 Å². The molecule has 0 bridgehead atoms. The Labute approximate surface area is 111 Å². The van der Waals surface area contributed by atoms with E-state index in [0.717, 1.165) is 25.3 Å². The van der Waals surface area contributed by atoms with Crippen LogP contribution in [0.4, 0.5) is 14.5 Å². The van der Waals surface area contributed by atoms with Crippen molar-refractivity contribution in [2.45, 2.75) is 33.1 Å². The molecule has 0 amide bonds. The summed E-state index contributed by atoms with van der Waals surface area (Å²) in [7, 11) is 0. The maximum Gasteiger partial charge on any atom is 0.338 e. The summed E-state index contributed by atoms with van der Waals surface area (Å²) in [6.45, 7) is 4.80. The molecule has 0 heterocycles. The minimum atomic E-state index is -1.47. The zero-order valence-electron chi connectivity index (χ0n) is 11.2. The second kappa shape index (κ2) is 7.07. The first-order valence-electron chi connectivity index (χ1n) is 6.38. The highest BCUT2D eigenvalue weighted by Gasteiger charge is 2.17. The van der Waals surface area contributed by atoms with Gasteiger partial charge < -0.3 is 10.4 Å². The van der Waals surface area contributed by atoms with Crippen molar-refractivity contribution in [3.63, 3.8) is 0 Å². The van der Waals surface area contributed by atoms with Crippen LogP contribution in [0.2, 0.25) is 0 Å². The van der Waals surface area contributed by atoms with Crippen LogP contribution in [0.5, 0.6) is 0 Å². The number of anilines is 1. The Kier molecular flexibility index (Phi) is 5.73. The number of hydrogen-bond acceptors (Lipinski definition) is 2. The lowest BCUT2D eigenvalue weighted by atomic mass is 10.1. The Bertz CT molecular complexity index is 447. The van der Waals surface area contributed by atoms with Gasteiger partial charge in [-0.2, -0.15) is 0 Å². The van der Waals surface area contributed by atoms with Gasteiger partial charge >= 0.3 is 5.97 Å². The van der Waals surface area contributed by atoms with Crippen LogP contribution < -0.4 is 5.32 Å². The van der Waals surface area contributed by atoms with Crippen LogP contribution in [0.1, 0.15) is 43.5 Å². The second-order valence-corrected chi connectivity index (χ2v) is 4.91. The van der Waals surface area contributed by atoms with Crippen LogP contribution in [-0.2, 0) is 0 Å². The molecule has 0 radical (unpaired) electrons. The fraction of sp³-hybridized carbons (Fsp3) is 0.500. The highest BCUT2D eigenvalue weighted by molar-refractivity contribution is 5.88. The van der Waals surface area contributed by atoms with Crippen molar-refractivity contribution >= 4 is 11.7 Å². The highest BCUT2D eigenvalue weighted by atomic mass is 19.2. The molecular weight excluding hydrogens is 252 g/mol. The van der Waals surface area contributed by atoms with Gasteiger partial charge in [0.2, 0.25) is 0 Å². The van der Waals surface area contributed by atoms with Crippen molar-refractivity contribution in [3.05, 3.63) is 29.3 Å². The molecule has 3 nitrogen and oxygen atoms in total. The van der Waals surface area contributed by atoms with Gasteiger partial charge in [-0.15, -0.1) is 0 Å². The maximum absolute atomic E-state index is 13.6. The first-order valence-corrected chi connectivity index (χ1v) is 6.38. The summed E-state index contributed by atoms with van der Waals surface area (Å²) < 4.78 is 27.0. The molecule has 0 spiro atoms. The van der Waals surface area contributed by atoms with Gasteiger partial charge in [-0.25, -0.2) is 13.6 Å². The van der Waals surface area contributed by atoms with E-state index < -0.39 is 23.2 Å². The van der Waals surface area contributed by atoms with E-state index in [-0.39, 0.29) is 5.69 Å². The van der Waals surface area contributed by atoms with Gasteiger partial charge in [0.1, 0.15) is 0 Å².